The Morgan fingerprint density at radius 1 is 1.69 bits per heavy atom. The number of nitrogens with two attached hydrogens (primary N) is 1. The molecule has 0 aliphatic rings. The molecule has 1 aromatic heterocycles. The summed E-state index contributed by atoms with van der Waals surface area (Å²) in [5, 5.41) is 6.75. The minimum atomic E-state index is -0.0616. The van der Waals surface area contributed by atoms with E-state index in [4.69, 9.17) is 5.73 Å². The monoisotopic (exact) mass is 225 g/mol. The van der Waals surface area contributed by atoms with Crippen molar-refractivity contribution >= 4 is 11.9 Å². The summed E-state index contributed by atoms with van der Waals surface area (Å²) in [6.07, 6.45) is 4.71. The highest BCUT2D eigenvalue weighted by Crippen LogP contribution is 1.99. The Kier molecular flexibility index (Phi) is 4.75. The van der Waals surface area contributed by atoms with E-state index >= 15 is 0 Å². The summed E-state index contributed by atoms with van der Waals surface area (Å²) in [6.45, 7) is 4.30. The fraction of sp³-hybridized carbons (Fsp3) is 0.700. The number of hydrogen-bond acceptors (Lipinski definition) is 4. The minimum absolute atomic E-state index is 0.0616. The summed E-state index contributed by atoms with van der Waals surface area (Å²) in [6, 6.07) is 0.202. The van der Waals surface area contributed by atoms with E-state index in [1.807, 2.05) is 6.92 Å². The van der Waals surface area contributed by atoms with Crippen LogP contribution in [0.5, 0.6) is 0 Å². The third-order valence-corrected chi connectivity index (χ3v) is 2.26. The fourth-order valence-corrected chi connectivity index (χ4v) is 1.44. The molecule has 6 heteroatoms. The van der Waals surface area contributed by atoms with Crippen molar-refractivity contribution in [3.63, 3.8) is 0 Å². The van der Waals surface area contributed by atoms with Gasteiger partial charge in [-0.1, -0.05) is 19.8 Å². The molecule has 90 valence electrons. The van der Waals surface area contributed by atoms with Crippen molar-refractivity contribution in [3.05, 3.63) is 6.33 Å². The Bertz CT molecular complexity index is 336. The van der Waals surface area contributed by atoms with E-state index < -0.39 is 0 Å². The Morgan fingerprint density at radius 2 is 2.44 bits per heavy atom. The minimum Gasteiger partial charge on any atom is -0.367 e. The van der Waals surface area contributed by atoms with E-state index in [1.54, 1.807) is 0 Å². The van der Waals surface area contributed by atoms with E-state index in [0.717, 1.165) is 19.3 Å². The maximum atomic E-state index is 11.6. The standard InChI is InChI=1S/C10H19N5O/c1-3-4-5-8(2)13-9(16)6-15-7-12-10(11)14-15/h7-8H,3-6H2,1-2H3,(H2,11,14)(H,13,16). The van der Waals surface area contributed by atoms with Crippen molar-refractivity contribution in [2.75, 3.05) is 5.73 Å². The van der Waals surface area contributed by atoms with Crippen LogP contribution in [0.3, 0.4) is 0 Å². The van der Waals surface area contributed by atoms with Gasteiger partial charge in [0, 0.05) is 6.04 Å². The number of carbonyl (C=O) groups is 1. The van der Waals surface area contributed by atoms with Gasteiger partial charge in [-0.15, -0.1) is 5.10 Å². The molecule has 1 atom stereocenters. The van der Waals surface area contributed by atoms with Gasteiger partial charge in [-0.25, -0.2) is 9.67 Å². The summed E-state index contributed by atoms with van der Waals surface area (Å²) in [4.78, 5) is 15.3. The number of nitrogen functional groups attached to an aromatic ring is 1. The number of aromatic nitrogens is 3. The molecule has 0 spiro atoms. The molecular formula is C10H19N5O. The lowest BCUT2D eigenvalue weighted by molar-refractivity contribution is -0.122. The molecule has 1 heterocycles. The summed E-state index contributed by atoms with van der Waals surface area (Å²) in [7, 11) is 0. The van der Waals surface area contributed by atoms with Gasteiger partial charge >= 0.3 is 0 Å². The van der Waals surface area contributed by atoms with Gasteiger partial charge in [-0.2, -0.15) is 0 Å². The number of amides is 1. The first-order chi connectivity index (χ1) is 7.61. The average Bonchev–Trinajstić information content (AvgIpc) is 2.60. The number of nitrogens with one attached hydrogen (secondary N) is 1. The van der Waals surface area contributed by atoms with Crippen LogP contribution in [0.4, 0.5) is 5.95 Å². The third-order valence-electron chi connectivity index (χ3n) is 2.26. The molecule has 3 N–H and O–H groups in total. The molecule has 16 heavy (non-hydrogen) atoms. The first-order valence-corrected chi connectivity index (χ1v) is 5.56. The van der Waals surface area contributed by atoms with Crippen LogP contribution in [-0.4, -0.2) is 26.7 Å². The molecule has 0 aliphatic heterocycles. The highest BCUT2D eigenvalue weighted by Gasteiger charge is 2.08. The second-order valence-electron chi connectivity index (χ2n) is 3.91. The van der Waals surface area contributed by atoms with Crippen LogP contribution in [0.25, 0.3) is 0 Å². The maximum absolute atomic E-state index is 11.6. The second kappa shape index (κ2) is 6.09. The summed E-state index contributed by atoms with van der Waals surface area (Å²) in [5.74, 6) is 0.125. The molecule has 1 aromatic rings. The Hall–Kier alpha value is -1.59. The van der Waals surface area contributed by atoms with E-state index in [9.17, 15) is 4.79 Å². The number of nitrogens with zero attached hydrogens (tertiary/aromatic N) is 3. The van der Waals surface area contributed by atoms with Crippen molar-refractivity contribution < 1.29 is 4.79 Å². The summed E-state index contributed by atoms with van der Waals surface area (Å²) >= 11 is 0. The lowest BCUT2D eigenvalue weighted by Gasteiger charge is -2.12. The van der Waals surface area contributed by atoms with E-state index in [0.29, 0.717) is 0 Å². The predicted molar refractivity (Wildman–Crippen MR) is 61.6 cm³/mol. The van der Waals surface area contributed by atoms with Crippen LogP contribution in [-0.2, 0) is 11.3 Å². The first kappa shape index (κ1) is 12.5. The van der Waals surface area contributed by atoms with Gasteiger partial charge in [0.25, 0.3) is 0 Å². The number of unbranched alkanes of at least 4 members (excludes halogenated alkanes) is 1. The average molecular weight is 225 g/mol. The Morgan fingerprint density at radius 3 is 3.00 bits per heavy atom. The molecule has 6 nitrogen and oxygen atoms in total. The van der Waals surface area contributed by atoms with Gasteiger partial charge in [-0.3, -0.25) is 4.79 Å². The maximum Gasteiger partial charge on any atom is 0.242 e. The lowest BCUT2D eigenvalue weighted by atomic mass is 10.1. The molecule has 0 bridgehead atoms. The van der Waals surface area contributed by atoms with Gasteiger partial charge in [0.05, 0.1) is 0 Å². The van der Waals surface area contributed by atoms with Crippen LogP contribution < -0.4 is 11.1 Å². The van der Waals surface area contributed by atoms with Crippen LogP contribution in [0.1, 0.15) is 33.1 Å². The molecule has 0 aliphatic carbocycles. The summed E-state index contributed by atoms with van der Waals surface area (Å²) in [5.41, 5.74) is 5.35. The van der Waals surface area contributed by atoms with E-state index in [1.165, 1.54) is 11.0 Å². The largest absolute Gasteiger partial charge is 0.367 e. The zero-order chi connectivity index (χ0) is 12.0. The third kappa shape index (κ3) is 4.29. The topological polar surface area (TPSA) is 85.8 Å². The number of hydrogen-bond donors (Lipinski definition) is 2. The van der Waals surface area contributed by atoms with Gasteiger partial charge in [-0.05, 0) is 13.3 Å². The fourth-order valence-electron chi connectivity index (χ4n) is 1.44. The van der Waals surface area contributed by atoms with Gasteiger partial charge in [0.2, 0.25) is 11.9 Å². The van der Waals surface area contributed by atoms with Crippen LogP contribution >= 0.6 is 0 Å². The lowest BCUT2D eigenvalue weighted by Crippen LogP contribution is -2.35. The molecule has 1 amide bonds. The summed E-state index contributed by atoms with van der Waals surface area (Å²) < 4.78 is 1.43. The van der Waals surface area contributed by atoms with Crippen molar-refractivity contribution in [1.82, 2.24) is 20.1 Å². The first-order valence-electron chi connectivity index (χ1n) is 5.56. The van der Waals surface area contributed by atoms with Crippen LogP contribution in [0, 0.1) is 0 Å². The molecule has 0 fully saturated rings. The number of carbonyl (C=O) groups excluding carboxylic acids is 1. The van der Waals surface area contributed by atoms with Crippen molar-refractivity contribution in [2.24, 2.45) is 0 Å². The Balaban J connectivity index is 2.30. The van der Waals surface area contributed by atoms with Crippen molar-refractivity contribution in [3.8, 4) is 0 Å². The molecule has 1 rings (SSSR count). The molecule has 0 radical (unpaired) electrons. The zero-order valence-corrected chi connectivity index (χ0v) is 9.81. The van der Waals surface area contributed by atoms with Gasteiger partial charge in [0.1, 0.15) is 12.9 Å². The van der Waals surface area contributed by atoms with Crippen molar-refractivity contribution in [1.29, 1.82) is 0 Å². The quantitative estimate of drug-likeness (QED) is 0.740. The molecule has 1 unspecified atom stereocenters. The highest BCUT2D eigenvalue weighted by molar-refractivity contribution is 5.75. The molecule has 0 saturated carbocycles. The molecule has 0 saturated heterocycles. The van der Waals surface area contributed by atoms with Gasteiger partial charge < -0.3 is 11.1 Å². The normalized spacial score (nSPS) is 12.4. The second-order valence-corrected chi connectivity index (χ2v) is 3.91. The highest BCUT2D eigenvalue weighted by atomic mass is 16.2. The molecular weight excluding hydrogens is 206 g/mol. The number of rotatable bonds is 6. The van der Waals surface area contributed by atoms with E-state index in [2.05, 4.69) is 22.3 Å². The zero-order valence-electron chi connectivity index (χ0n) is 9.81. The van der Waals surface area contributed by atoms with Crippen molar-refractivity contribution in [2.45, 2.75) is 45.7 Å². The molecule has 0 aromatic carbocycles. The van der Waals surface area contributed by atoms with Crippen LogP contribution in [0.15, 0.2) is 6.33 Å². The van der Waals surface area contributed by atoms with Gasteiger partial charge in [0.15, 0.2) is 0 Å². The number of anilines is 1. The SMILES string of the molecule is CCCCC(C)NC(=O)Cn1cnc(N)n1. The predicted octanol–water partition coefficient (Wildman–Crippen LogP) is 0.555. The van der Waals surface area contributed by atoms with Crippen LogP contribution in [0.2, 0.25) is 0 Å². The Labute approximate surface area is 95.2 Å². The van der Waals surface area contributed by atoms with E-state index in [-0.39, 0.29) is 24.4 Å². The smallest absolute Gasteiger partial charge is 0.242 e.